The van der Waals surface area contributed by atoms with E-state index < -0.39 is 11.3 Å². The minimum atomic E-state index is -0.463. The van der Waals surface area contributed by atoms with E-state index >= 15 is 0 Å². The summed E-state index contributed by atoms with van der Waals surface area (Å²) in [6, 6.07) is 1.46. The van der Waals surface area contributed by atoms with Gasteiger partial charge in [0.05, 0.1) is 6.54 Å². The molecule has 1 heterocycles. The maximum atomic E-state index is 11.6. The molecule has 0 saturated heterocycles. The van der Waals surface area contributed by atoms with Crippen molar-refractivity contribution in [1.82, 2.24) is 15.1 Å². The van der Waals surface area contributed by atoms with Crippen molar-refractivity contribution in [3.8, 4) is 0 Å². The Morgan fingerprint density at radius 2 is 2.06 bits per heavy atom. The summed E-state index contributed by atoms with van der Waals surface area (Å²) in [7, 11) is 1.64. The van der Waals surface area contributed by atoms with E-state index in [-0.39, 0.29) is 18.0 Å². The van der Waals surface area contributed by atoms with Gasteiger partial charge in [-0.15, -0.1) is 0 Å². The monoisotopic (exact) mass is 257 g/mol. The lowest BCUT2D eigenvalue weighted by atomic mass is 9.91. The molecule has 0 atom stereocenters. The molecule has 1 aromatic rings. The lowest BCUT2D eigenvalue weighted by molar-refractivity contribution is -0.125. The Labute approximate surface area is 105 Å². The molecule has 1 amide bonds. The quantitative estimate of drug-likeness (QED) is 0.891. The number of amides is 1. The van der Waals surface area contributed by atoms with Gasteiger partial charge in [-0.1, -0.05) is 32.4 Å². The molecule has 1 rings (SSSR count). The second-order valence-electron chi connectivity index (χ2n) is 4.83. The van der Waals surface area contributed by atoms with Crippen molar-refractivity contribution in [2.24, 2.45) is 12.5 Å². The van der Waals surface area contributed by atoms with Crippen LogP contribution < -0.4 is 5.32 Å². The molecule has 0 radical (unpaired) electrons. The average Bonchev–Trinajstić information content (AvgIpc) is 2.54. The third-order valence-electron chi connectivity index (χ3n) is 2.30. The largest absolute Gasteiger partial charge is 0.344 e. The maximum Gasteiger partial charge on any atom is 0.272 e. The zero-order chi connectivity index (χ0) is 13.2. The van der Waals surface area contributed by atoms with Crippen molar-refractivity contribution in [2.45, 2.75) is 20.8 Å². The first kappa shape index (κ1) is 13.7. The Kier molecular flexibility index (Phi) is 3.93. The normalized spacial score (nSPS) is 11.4. The smallest absolute Gasteiger partial charge is 0.272 e. The molecule has 0 aromatic carbocycles. The van der Waals surface area contributed by atoms with E-state index in [4.69, 9.17) is 11.6 Å². The molecule has 0 fully saturated rings. The molecule has 5 nitrogen and oxygen atoms in total. The zero-order valence-corrected chi connectivity index (χ0v) is 11.1. The molecule has 0 bridgehead atoms. The number of carbonyl (C=O) groups excluding carboxylic acids is 2. The van der Waals surface area contributed by atoms with Gasteiger partial charge in [0.1, 0.15) is 5.15 Å². The molecule has 0 unspecified atom stereocenters. The van der Waals surface area contributed by atoms with E-state index in [2.05, 4.69) is 10.4 Å². The molecule has 1 N–H and O–H groups in total. The van der Waals surface area contributed by atoms with Crippen LogP contribution in [0.15, 0.2) is 6.07 Å². The van der Waals surface area contributed by atoms with Gasteiger partial charge in [0.25, 0.3) is 5.91 Å². The second-order valence-corrected chi connectivity index (χ2v) is 5.22. The Morgan fingerprint density at radius 3 is 2.47 bits per heavy atom. The van der Waals surface area contributed by atoms with Gasteiger partial charge in [-0.3, -0.25) is 14.3 Å². The minimum Gasteiger partial charge on any atom is -0.344 e. The number of hydrogen-bond donors (Lipinski definition) is 1. The van der Waals surface area contributed by atoms with Crippen LogP contribution in [0, 0.1) is 5.41 Å². The van der Waals surface area contributed by atoms with Gasteiger partial charge in [-0.2, -0.15) is 5.10 Å². The Bertz CT molecular complexity index is 427. The van der Waals surface area contributed by atoms with Crippen molar-refractivity contribution in [1.29, 1.82) is 0 Å². The summed E-state index contributed by atoms with van der Waals surface area (Å²) < 4.78 is 1.39. The molecular formula is C11H16ClN3O2. The van der Waals surface area contributed by atoms with E-state index in [1.807, 2.05) is 0 Å². The second kappa shape index (κ2) is 4.87. The first-order chi connectivity index (χ1) is 7.71. The van der Waals surface area contributed by atoms with E-state index in [1.54, 1.807) is 27.8 Å². The molecular weight excluding hydrogens is 242 g/mol. The Morgan fingerprint density at radius 1 is 1.47 bits per heavy atom. The van der Waals surface area contributed by atoms with Gasteiger partial charge in [-0.05, 0) is 0 Å². The van der Waals surface area contributed by atoms with Gasteiger partial charge in [0, 0.05) is 18.5 Å². The predicted molar refractivity (Wildman–Crippen MR) is 65.0 cm³/mol. The molecule has 0 aliphatic carbocycles. The standard InChI is InChI=1S/C11H16ClN3O2/c1-11(2,3)8(16)6-13-10(17)7-5-9(12)15(4)14-7/h5H,6H2,1-4H3,(H,13,17). The molecule has 94 valence electrons. The number of nitrogens with zero attached hydrogens (tertiary/aromatic N) is 2. The van der Waals surface area contributed by atoms with Crippen molar-refractivity contribution < 1.29 is 9.59 Å². The van der Waals surface area contributed by atoms with Crippen LogP contribution in [0.2, 0.25) is 5.15 Å². The highest BCUT2D eigenvalue weighted by molar-refractivity contribution is 6.30. The van der Waals surface area contributed by atoms with Crippen LogP contribution in [0.25, 0.3) is 0 Å². The topological polar surface area (TPSA) is 64.0 Å². The Hall–Kier alpha value is -1.36. The fourth-order valence-electron chi connectivity index (χ4n) is 1.07. The molecule has 0 aliphatic heterocycles. The van der Waals surface area contributed by atoms with Crippen LogP contribution in [0.4, 0.5) is 0 Å². The number of rotatable bonds is 3. The summed E-state index contributed by atoms with van der Waals surface area (Å²) in [4.78, 5) is 23.2. The molecule has 6 heteroatoms. The van der Waals surface area contributed by atoms with Crippen molar-refractivity contribution in [2.75, 3.05) is 6.54 Å². The summed E-state index contributed by atoms with van der Waals surface area (Å²) in [6.45, 7) is 5.41. The number of carbonyl (C=O) groups is 2. The van der Waals surface area contributed by atoms with Crippen molar-refractivity contribution in [3.05, 3.63) is 16.9 Å². The van der Waals surface area contributed by atoms with Gasteiger partial charge >= 0.3 is 0 Å². The maximum absolute atomic E-state index is 11.6. The predicted octanol–water partition coefficient (Wildman–Crippen LogP) is 1.42. The van der Waals surface area contributed by atoms with E-state index in [1.165, 1.54) is 10.7 Å². The van der Waals surface area contributed by atoms with Crippen LogP contribution >= 0.6 is 11.6 Å². The van der Waals surface area contributed by atoms with Crippen LogP contribution in [0.1, 0.15) is 31.3 Å². The summed E-state index contributed by atoms with van der Waals surface area (Å²) in [5.41, 5.74) is -0.256. The lowest BCUT2D eigenvalue weighted by Crippen LogP contribution is -2.35. The molecule has 0 aliphatic rings. The van der Waals surface area contributed by atoms with Gasteiger partial charge in [-0.25, -0.2) is 0 Å². The van der Waals surface area contributed by atoms with Crippen molar-refractivity contribution in [3.63, 3.8) is 0 Å². The van der Waals surface area contributed by atoms with Crippen LogP contribution in [0.3, 0.4) is 0 Å². The number of aryl methyl sites for hydroxylation is 1. The minimum absolute atomic E-state index is 0.00345. The number of Topliss-reactive ketones (excluding diaryl/α,β-unsaturated/α-hetero) is 1. The fourth-order valence-corrected chi connectivity index (χ4v) is 1.21. The number of nitrogens with one attached hydrogen (secondary N) is 1. The fraction of sp³-hybridized carbons (Fsp3) is 0.545. The first-order valence-electron chi connectivity index (χ1n) is 5.23. The van der Waals surface area contributed by atoms with Gasteiger partial charge < -0.3 is 5.32 Å². The number of hydrogen-bond acceptors (Lipinski definition) is 3. The van der Waals surface area contributed by atoms with E-state index in [9.17, 15) is 9.59 Å². The SMILES string of the molecule is Cn1nc(C(=O)NCC(=O)C(C)(C)C)cc1Cl. The average molecular weight is 258 g/mol. The molecule has 0 saturated carbocycles. The van der Waals surface area contributed by atoms with Crippen molar-refractivity contribution >= 4 is 23.3 Å². The lowest BCUT2D eigenvalue weighted by Gasteiger charge is -2.16. The van der Waals surface area contributed by atoms with E-state index in [0.29, 0.717) is 5.15 Å². The highest BCUT2D eigenvalue weighted by Gasteiger charge is 2.22. The number of aromatic nitrogens is 2. The highest BCUT2D eigenvalue weighted by Crippen LogP contribution is 2.14. The molecule has 1 aromatic heterocycles. The van der Waals surface area contributed by atoms with Crippen LogP contribution in [0.5, 0.6) is 0 Å². The van der Waals surface area contributed by atoms with Crippen LogP contribution in [-0.2, 0) is 11.8 Å². The van der Waals surface area contributed by atoms with Gasteiger partial charge in [0.2, 0.25) is 0 Å². The van der Waals surface area contributed by atoms with E-state index in [0.717, 1.165) is 0 Å². The summed E-state index contributed by atoms with van der Waals surface area (Å²) in [6.07, 6.45) is 0. The summed E-state index contributed by atoms with van der Waals surface area (Å²) in [5.74, 6) is -0.432. The number of halogens is 1. The van der Waals surface area contributed by atoms with Gasteiger partial charge in [0.15, 0.2) is 11.5 Å². The summed E-state index contributed by atoms with van der Waals surface area (Å²) in [5, 5.41) is 6.81. The Balaban J connectivity index is 2.60. The summed E-state index contributed by atoms with van der Waals surface area (Å²) >= 11 is 5.76. The third kappa shape index (κ3) is 3.56. The molecule has 0 spiro atoms. The van der Waals surface area contributed by atoms with Crippen LogP contribution in [-0.4, -0.2) is 28.0 Å². The highest BCUT2D eigenvalue weighted by atomic mass is 35.5. The number of ketones is 1. The molecule has 17 heavy (non-hydrogen) atoms. The first-order valence-corrected chi connectivity index (χ1v) is 5.60. The zero-order valence-electron chi connectivity index (χ0n) is 10.4. The third-order valence-corrected chi connectivity index (χ3v) is 2.66.